The lowest BCUT2D eigenvalue weighted by atomic mass is 10.1. The highest BCUT2D eigenvalue weighted by molar-refractivity contribution is 6.01. The molecular weight excluding hydrogens is 270 g/mol. The Kier molecular flexibility index (Phi) is 3.39. The normalized spacial score (nSPS) is 21.7. The van der Waals surface area contributed by atoms with Crippen molar-refractivity contribution < 1.29 is 9.90 Å². The third-order valence-electron chi connectivity index (χ3n) is 3.92. The third-order valence-corrected chi connectivity index (χ3v) is 3.92. The molecule has 110 valence electrons. The van der Waals surface area contributed by atoms with Crippen molar-refractivity contribution in [2.24, 2.45) is 5.92 Å². The molecule has 2 amide bonds. The molecule has 6 nitrogen and oxygen atoms in total. The lowest BCUT2D eigenvalue weighted by molar-refractivity contribution is 0.150. The molecule has 6 heteroatoms. The van der Waals surface area contributed by atoms with Crippen molar-refractivity contribution >= 4 is 22.5 Å². The van der Waals surface area contributed by atoms with Gasteiger partial charge < -0.3 is 20.3 Å². The summed E-state index contributed by atoms with van der Waals surface area (Å²) in [6.45, 7) is 2.77. The SMILES string of the molecule is C[C@@H]1CN(C(=O)Nc2cccc3c(=O)[nH]ccc23)C[C@H]1O. The smallest absolute Gasteiger partial charge is 0.321 e. The van der Waals surface area contributed by atoms with Crippen LogP contribution >= 0.6 is 0 Å². The zero-order valence-electron chi connectivity index (χ0n) is 11.7. The fraction of sp³-hybridized carbons (Fsp3) is 0.333. The molecule has 3 N–H and O–H groups in total. The van der Waals surface area contributed by atoms with Crippen LogP contribution in [0.25, 0.3) is 10.8 Å². The number of aliphatic hydroxyl groups is 1. The number of urea groups is 1. The summed E-state index contributed by atoms with van der Waals surface area (Å²) in [6, 6.07) is 6.70. The number of aromatic amines is 1. The quantitative estimate of drug-likeness (QED) is 0.740. The standard InChI is InChI=1S/C15H17N3O3/c1-9-7-18(8-13(9)19)15(21)17-12-4-2-3-11-10(12)5-6-16-14(11)20/h2-6,9,13,19H,7-8H2,1H3,(H,16,20)(H,17,21)/t9-,13-/m1/s1. The number of hydrogen-bond acceptors (Lipinski definition) is 3. The van der Waals surface area contributed by atoms with Gasteiger partial charge in [0.2, 0.25) is 0 Å². The number of anilines is 1. The number of H-pyrrole nitrogens is 1. The number of amides is 2. The molecular formula is C15H17N3O3. The van der Waals surface area contributed by atoms with Crippen LogP contribution in [-0.2, 0) is 0 Å². The number of hydrogen-bond donors (Lipinski definition) is 3. The van der Waals surface area contributed by atoms with Crippen molar-refractivity contribution in [3.63, 3.8) is 0 Å². The number of nitrogens with one attached hydrogen (secondary N) is 2. The lowest BCUT2D eigenvalue weighted by Crippen LogP contribution is -2.33. The maximum absolute atomic E-state index is 12.3. The van der Waals surface area contributed by atoms with E-state index in [-0.39, 0.29) is 17.5 Å². The largest absolute Gasteiger partial charge is 0.391 e. The van der Waals surface area contributed by atoms with Crippen LogP contribution in [0.15, 0.2) is 35.3 Å². The average Bonchev–Trinajstić information content (AvgIpc) is 2.80. The predicted molar refractivity (Wildman–Crippen MR) is 80.3 cm³/mol. The molecule has 1 fully saturated rings. The first kappa shape index (κ1) is 13.6. The fourth-order valence-corrected chi connectivity index (χ4v) is 2.64. The molecule has 21 heavy (non-hydrogen) atoms. The average molecular weight is 287 g/mol. The van der Waals surface area contributed by atoms with Crippen LogP contribution in [0.4, 0.5) is 10.5 Å². The number of aromatic nitrogens is 1. The van der Waals surface area contributed by atoms with Gasteiger partial charge in [-0.15, -0.1) is 0 Å². The Balaban J connectivity index is 1.87. The second-order valence-corrected chi connectivity index (χ2v) is 5.45. The van der Waals surface area contributed by atoms with E-state index in [1.54, 1.807) is 35.4 Å². The molecule has 0 spiro atoms. The summed E-state index contributed by atoms with van der Waals surface area (Å²) in [5.74, 6) is 0.0751. The van der Waals surface area contributed by atoms with E-state index in [1.165, 1.54) is 0 Å². The second kappa shape index (κ2) is 5.21. The maximum Gasteiger partial charge on any atom is 0.321 e. The number of β-amino-alcohol motifs (C(OH)–C–C–N with tert-alkyl or cyclic N) is 1. The Morgan fingerprint density at radius 3 is 2.86 bits per heavy atom. The molecule has 0 radical (unpaired) electrons. The lowest BCUT2D eigenvalue weighted by Gasteiger charge is -2.17. The van der Waals surface area contributed by atoms with Crippen LogP contribution < -0.4 is 10.9 Å². The molecule has 3 rings (SSSR count). The molecule has 2 heterocycles. The molecule has 2 aromatic rings. The Morgan fingerprint density at radius 2 is 2.14 bits per heavy atom. The molecule has 0 unspecified atom stereocenters. The monoisotopic (exact) mass is 287 g/mol. The highest BCUT2D eigenvalue weighted by Crippen LogP contribution is 2.22. The number of rotatable bonds is 1. The molecule has 1 aliphatic heterocycles. The van der Waals surface area contributed by atoms with Gasteiger partial charge in [-0.2, -0.15) is 0 Å². The van der Waals surface area contributed by atoms with Gasteiger partial charge in [0.05, 0.1) is 11.8 Å². The minimum Gasteiger partial charge on any atom is -0.391 e. The highest BCUT2D eigenvalue weighted by Gasteiger charge is 2.31. The summed E-state index contributed by atoms with van der Waals surface area (Å²) >= 11 is 0. The van der Waals surface area contributed by atoms with E-state index >= 15 is 0 Å². The van der Waals surface area contributed by atoms with Gasteiger partial charge in [0.1, 0.15) is 0 Å². The van der Waals surface area contributed by atoms with Crippen LogP contribution in [0.5, 0.6) is 0 Å². The molecule has 0 aliphatic carbocycles. The van der Waals surface area contributed by atoms with Crippen LogP contribution in [0.3, 0.4) is 0 Å². The van der Waals surface area contributed by atoms with E-state index < -0.39 is 6.10 Å². The first-order chi connectivity index (χ1) is 10.1. The van der Waals surface area contributed by atoms with E-state index in [0.717, 1.165) is 0 Å². The summed E-state index contributed by atoms with van der Waals surface area (Å²) in [6.07, 6.45) is 1.08. The number of nitrogens with zero attached hydrogens (tertiary/aromatic N) is 1. The maximum atomic E-state index is 12.3. The third kappa shape index (κ3) is 2.50. The Hall–Kier alpha value is -2.34. The van der Waals surface area contributed by atoms with Crippen molar-refractivity contribution in [1.82, 2.24) is 9.88 Å². The zero-order valence-corrected chi connectivity index (χ0v) is 11.7. The Bertz CT molecular complexity index is 730. The highest BCUT2D eigenvalue weighted by atomic mass is 16.3. The Morgan fingerprint density at radius 1 is 1.33 bits per heavy atom. The number of benzene rings is 1. The summed E-state index contributed by atoms with van der Waals surface area (Å²) in [4.78, 5) is 28.2. The molecule has 0 saturated carbocycles. The summed E-state index contributed by atoms with van der Waals surface area (Å²) < 4.78 is 0. The van der Waals surface area contributed by atoms with E-state index in [4.69, 9.17) is 0 Å². The summed E-state index contributed by atoms with van der Waals surface area (Å²) in [5.41, 5.74) is 0.409. The van der Waals surface area contributed by atoms with E-state index in [1.807, 2.05) is 6.92 Å². The van der Waals surface area contributed by atoms with Crippen molar-refractivity contribution in [3.8, 4) is 0 Å². The minimum atomic E-state index is -0.480. The molecule has 0 bridgehead atoms. The van der Waals surface area contributed by atoms with Crippen molar-refractivity contribution in [2.75, 3.05) is 18.4 Å². The number of likely N-dealkylation sites (tertiary alicyclic amines) is 1. The van der Waals surface area contributed by atoms with Crippen molar-refractivity contribution in [3.05, 3.63) is 40.8 Å². The first-order valence-corrected chi connectivity index (χ1v) is 6.90. The molecule has 1 aliphatic rings. The molecule has 1 aromatic heterocycles. The van der Waals surface area contributed by atoms with Gasteiger partial charge in [0.25, 0.3) is 5.56 Å². The van der Waals surface area contributed by atoms with E-state index in [2.05, 4.69) is 10.3 Å². The zero-order chi connectivity index (χ0) is 15.0. The minimum absolute atomic E-state index is 0.0751. The van der Waals surface area contributed by atoms with Gasteiger partial charge in [0, 0.05) is 36.0 Å². The van der Waals surface area contributed by atoms with Gasteiger partial charge in [0.15, 0.2) is 0 Å². The van der Waals surface area contributed by atoms with Gasteiger partial charge in [-0.05, 0) is 18.2 Å². The van der Waals surface area contributed by atoms with Crippen LogP contribution in [0.1, 0.15) is 6.92 Å². The van der Waals surface area contributed by atoms with E-state index in [9.17, 15) is 14.7 Å². The molecule has 1 saturated heterocycles. The summed E-state index contributed by atoms with van der Waals surface area (Å²) in [5, 5.41) is 13.8. The topological polar surface area (TPSA) is 85.4 Å². The van der Waals surface area contributed by atoms with E-state index in [0.29, 0.717) is 29.5 Å². The van der Waals surface area contributed by atoms with Crippen LogP contribution in [0, 0.1) is 5.92 Å². The molecule has 1 aromatic carbocycles. The van der Waals surface area contributed by atoms with Gasteiger partial charge in [-0.3, -0.25) is 4.79 Å². The summed E-state index contributed by atoms with van der Waals surface area (Å²) in [7, 11) is 0. The number of fused-ring (bicyclic) bond motifs is 1. The van der Waals surface area contributed by atoms with Crippen molar-refractivity contribution in [1.29, 1.82) is 0 Å². The number of aliphatic hydroxyl groups excluding tert-OH is 1. The first-order valence-electron chi connectivity index (χ1n) is 6.90. The number of pyridine rings is 1. The Labute approximate surface area is 121 Å². The van der Waals surface area contributed by atoms with Gasteiger partial charge in [-0.1, -0.05) is 13.0 Å². The second-order valence-electron chi connectivity index (χ2n) is 5.45. The number of carbonyl (C=O) groups excluding carboxylic acids is 1. The van der Waals surface area contributed by atoms with Gasteiger partial charge in [-0.25, -0.2) is 4.79 Å². The number of carbonyl (C=O) groups is 1. The fourth-order valence-electron chi connectivity index (χ4n) is 2.64. The van der Waals surface area contributed by atoms with Crippen molar-refractivity contribution in [2.45, 2.75) is 13.0 Å². The predicted octanol–water partition coefficient (Wildman–Crippen LogP) is 1.37. The van der Waals surface area contributed by atoms with Crippen LogP contribution in [0.2, 0.25) is 0 Å². The van der Waals surface area contributed by atoms with Gasteiger partial charge >= 0.3 is 6.03 Å². The molecule has 2 atom stereocenters. The van der Waals surface area contributed by atoms with Crippen LogP contribution in [-0.4, -0.2) is 40.2 Å².